The van der Waals surface area contributed by atoms with E-state index in [1.165, 1.54) is 19.9 Å². The number of unbranched alkanes of at least 4 members (excludes halogenated alkanes) is 1. The van der Waals surface area contributed by atoms with E-state index in [2.05, 4.69) is 37.5 Å². The topological polar surface area (TPSA) is 119 Å². The van der Waals surface area contributed by atoms with Crippen LogP contribution >= 0.6 is 12.6 Å². The van der Waals surface area contributed by atoms with Crippen molar-refractivity contribution >= 4 is 30.9 Å². The van der Waals surface area contributed by atoms with Gasteiger partial charge in [0.15, 0.2) is 0 Å². The lowest BCUT2D eigenvalue weighted by molar-refractivity contribution is -0.146. The number of β-lactam (4-membered cyclic amide) rings is 1. The van der Waals surface area contributed by atoms with Gasteiger partial charge >= 0.3 is 0 Å². The molecule has 142 valence electrons. The molecule has 0 saturated carbocycles. The molecule has 1 unspecified atom stereocenters. The van der Waals surface area contributed by atoms with E-state index < -0.39 is 0 Å². The van der Waals surface area contributed by atoms with Gasteiger partial charge in [-0.05, 0) is 25.6 Å². The van der Waals surface area contributed by atoms with Gasteiger partial charge in [0, 0.05) is 26.1 Å². The number of nitrogens with two attached hydrogens (primary N) is 2. The Morgan fingerprint density at radius 2 is 1.96 bits per heavy atom. The van der Waals surface area contributed by atoms with Crippen LogP contribution in [-0.4, -0.2) is 55.6 Å². The number of nitrogens with zero attached hydrogens (tertiary/aromatic N) is 1. The number of hydrogen-bond acceptors (Lipinski definition) is 5. The Bertz CT molecular complexity index is 367. The molecule has 2 saturated heterocycles. The lowest BCUT2D eigenvalue weighted by atomic mass is 9.74. The fourth-order valence-electron chi connectivity index (χ4n) is 2.11. The van der Waals surface area contributed by atoms with Crippen LogP contribution in [0.15, 0.2) is 0 Å². The zero-order valence-electron chi connectivity index (χ0n) is 15.2. The average molecular weight is 363 g/mol. The van der Waals surface area contributed by atoms with Gasteiger partial charge in [0.2, 0.25) is 18.2 Å². The summed E-state index contributed by atoms with van der Waals surface area (Å²) in [6, 6.07) is 0. The Labute approximate surface area is 151 Å². The number of hydrogen-bond donors (Lipinski definition) is 4. The first-order valence-electron chi connectivity index (χ1n) is 8.40. The molecule has 8 heteroatoms. The summed E-state index contributed by atoms with van der Waals surface area (Å²) in [5.74, 6) is 0.383. The van der Waals surface area contributed by atoms with Crippen molar-refractivity contribution in [1.82, 2.24) is 10.2 Å². The number of likely N-dealkylation sites (tertiary alicyclic amines) is 1. The third-order valence-electron chi connectivity index (χ3n) is 3.68. The van der Waals surface area contributed by atoms with Crippen LogP contribution in [0.5, 0.6) is 0 Å². The quantitative estimate of drug-likeness (QED) is 0.331. The maximum absolute atomic E-state index is 11.2. The molecule has 0 aromatic heterocycles. The zero-order valence-corrected chi connectivity index (χ0v) is 16.1. The number of rotatable bonds is 4. The fourth-order valence-corrected chi connectivity index (χ4v) is 2.33. The van der Waals surface area contributed by atoms with E-state index in [1.807, 2.05) is 0 Å². The standard InChI is InChI=1S/C8H12N2O2.C4H10.C3H7NOS.CH5N/c11-6-10-3-1-2-8(5-10)4-9-7(8)12;1-3-4-2;4-3(5)1-2-6;1-2/h6H,1-5H2,(H,9,12);3-4H2,1-2H3;6H,1-2H2,(H2,4,5);2H2,1H3. The van der Waals surface area contributed by atoms with Crippen molar-refractivity contribution in [2.45, 2.75) is 46.0 Å². The highest BCUT2D eigenvalue weighted by Crippen LogP contribution is 2.33. The summed E-state index contributed by atoms with van der Waals surface area (Å²) in [6.07, 6.45) is 5.74. The smallest absolute Gasteiger partial charge is 0.229 e. The summed E-state index contributed by atoms with van der Waals surface area (Å²) in [4.78, 5) is 33.2. The van der Waals surface area contributed by atoms with Crippen LogP contribution < -0.4 is 16.8 Å². The maximum Gasteiger partial charge on any atom is 0.229 e. The summed E-state index contributed by atoms with van der Waals surface area (Å²) in [6.45, 7) is 6.52. The molecule has 24 heavy (non-hydrogen) atoms. The predicted molar refractivity (Wildman–Crippen MR) is 101 cm³/mol. The highest BCUT2D eigenvalue weighted by molar-refractivity contribution is 7.80. The first-order valence-corrected chi connectivity index (χ1v) is 9.03. The van der Waals surface area contributed by atoms with Crippen LogP contribution in [0.3, 0.4) is 0 Å². The van der Waals surface area contributed by atoms with Gasteiger partial charge in [-0.15, -0.1) is 0 Å². The predicted octanol–water partition coefficient (Wildman–Crippen LogP) is 0.528. The van der Waals surface area contributed by atoms with Crippen LogP contribution in [0.4, 0.5) is 0 Å². The van der Waals surface area contributed by atoms with E-state index in [1.54, 1.807) is 4.90 Å². The molecule has 2 rings (SSSR count). The molecule has 2 fully saturated rings. The fraction of sp³-hybridized carbons (Fsp3) is 0.812. The maximum atomic E-state index is 11.2. The van der Waals surface area contributed by atoms with Gasteiger partial charge in [-0.3, -0.25) is 14.4 Å². The molecular weight excluding hydrogens is 328 g/mol. The average Bonchev–Trinajstić information content (AvgIpc) is 2.62. The molecule has 5 N–H and O–H groups in total. The van der Waals surface area contributed by atoms with Crippen molar-refractivity contribution in [2.75, 3.05) is 32.4 Å². The number of amides is 3. The van der Waals surface area contributed by atoms with Crippen molar-refractivity contribution in [3.05, 3.63) is 0 Å². The first kappa shape index (κ1) is 25.0. The number of carbonyl (C=O) groups is 3. The lowest BCUT2D eigenvalue weighted by Gasteiger charge is -2.46. The third-order valence-corrected chi connectivity index (χ3v) is 3.91. The zero-order chi connectivity index (χ0) is 19.0. The molecule has 0 radical (unpaired) electrons. The second kappa shape index (κ2) is 15.3. The van der Waals surface area contributed by atoms with Gasteiger partial charge in [-0.2, -0.15) is 12.6 Å². The monoisotopic (exact) mass is 362 g/mol. The minimum absolute atomic E-state index is 0.119. The SMILES string of the molecule is CCCC.CN.NC(=O)CCS.O=CN1CCCC2(CNC2=O)C1. The molecule has 2 aliphatic rings. The van der Waals surface area contributed by atoms with Crippen molar-refractivity contribution in [1.29, 1.82) is 0 Å². The second-order valence-corrected chi connectivity index (χ2v) is 6.03. The van der Waals surface area contributed by atoms with Crippen molar-refractivity contribution in [3.8, 4) is 0 Å². The Morgan fingerprint density at radius 1 is 1.38 bits per heavy atom. The molecule has 0 aromatic rings. The molecule has 7 nitrogen and oxygen atoms in total. The summed E-state index contributed by atoms with van der Waals surface area (Å²) < 4.78 is 0. The molecule has 0 aliphatic carbocycles. The summed E-state index contributed by atoms with van der Waals surface area (Å²) in [7, 11) is 1.50. The molecule has 3 amide bonds. The van der Waals surface area contributed by atoms with Crippen molar-refractivity contribution in [3.63, 3.8) is 0 Å². The number of thiol groups is 1. The molecule has 1 spiro atoms. The molecule has 2 aliphatic heterocycles. The van der Waals surface area contributed by atoms with Crippen molar-refractivity contribution in [2.24, 2.45) is 16.9 Å². The van der Waals surface area contributed by atoms with E-state index >= 15 is 0 Å². The van der Waals surface area contributed by atoms with Crippen LogP contribution in [-0.2, 0) is 14.4 Å². The van der Waals surface area contributed by atoms with Gasteiger partial charge in [0.05, 0.1) is 5.41 Å². The van der Waals surface area contributed by atoms with E-state index in [0.717, 1.165) is 32.3 Å². The Hall–Kier alpha value is -1.28. The van der Waals surface area contributed by atoms with E-state index in [9.17, 15) is 14.4 Å². The number of nitrogens with one attached hydrogen (secondary N) is 1. The van der Waals surface area contributed by atoms with E-state index in [-0.39, 0.29) is 17.2 Å². The third kappa shape index (κ3) is 9.77. The highest BCUT2D eigenvalue weighted by atomic mass is 32.1. The Kier molecular flexibility index (Phi) is 15.9. The molecule has 2 heterocycles. The van der Waals surface area contributed by atoms with Crippen LogP contribution in [0, 0.1) is 5.41 Å². The highest BCUT2D eigenvalue weighted by Gasteiger charge is 2.48. The van der Waals surface area contributed by atoms with Gasteiger partial charge in [0.1, 0.15) is 0 Å². The number of piperidine rings is 1. The first-order chi connectivity index (χ1) is 11.5. The van der Waals surface area contributed by atoms with Gasteiger partial charge < -0.3 is 21.7 Å². The van der Waals surface area contributed by atoms with Crippen LogP contribution in [0.25, 0.3) is 0 Å². The Balaban J connectivity index is 0. The minimum Gasteiger partial charge on any atom is -0.370 e. The normalized spacial score (nSPS) is 20.7. The molecule has 1 atom stereocenters. The molecule has 0 aromatic carbocycles. The second-order valence-electron chi connectivity index (χ2n) is 5.58. The van der Waals surface area contributed by atoms with E-state index in [4.69, 9.17) is 5.73 Å². The summed E-state index contributed by atoms with van der Waals surface area (Å²) in [5, 5.41) is 2.73. The number of carbonyl (C=O) groups excluding carboxylic acids is 3. The van der Waals surface area contributed by atoms with Gasteiger partial charge in [-0.25, -0.2) is 0 Å². The Morgan fingerprint density at radius 3 is 2.21 bits per heavy atom. The minimum atomic E-state index is -0.287. The van der Waals surface area contributed by atoms with Gasteiger partial charge in [-0.1, -0.05) is 26.7 Å². The summed E-state index contributed by atoms with van der Waals surface area (Å²) >= 11 is 3.76. The lowest BCUT2D eigenvalue weighted by Crippen LogP contribution is -2.65. The van der Waals surface area contributed by atoms with Crippen LogP contribution in [0.2, 0.25) is 0 Å². The van der Waals surface area contributed by atoms with Crippen molar-refractivity contribution < 1.29 is 14.4 Å². The van der Waals surface area contributed by atoms with Gasteiger partial charge in [0.25, 0.3) is 0 Å². The molecular formula is C16H34N4O3S. The van der Waals surface area contributed by atoms with E-state index in [0.29, 0.717) is 18.7 Å². The summed E-state index contributed by atoms with van der Waals surface area (Å²) in [5.41, 5.74) is 8.99. The number of primary amides is 1. The van der Waals surface area contributed by atoms with Crippen LogP contribution in [0.1, 0.15) is 46.0 Å². The largest absolute Gasteiger partial charge is 0.370 e. The molecule has 0 bridgehead atoms.